The van der Waals surface area contributed by atoms with Crippen molar-refractivity contribution >= 4 is 5.91 Å². The van der Waals surface area contributed by atoms with E-state index in [2.05, 4.69) is 22.1 Å². The topological polar surface area (TPSA) is 76.2 Å². The third kappa shape index (κ3) is 4.96. The van der Waals surface area contributed by atoms with E-state index in [1.54, 1.807) is 25.3 Å². The van der Waals surface area contributed by atoms with Gasteiger partial charge in [0.25, 0.3) is 5.91 Å². The molecule has 1 heterocycles. The van der Waals surface area contributed by atoms with Crippen molar-refractivity contribution in [3.8, 4) is 5.75 Å². The monoisotopic (exact) mass is 315 g/mol. The number of ether oxygens (including phenoxy) is 2. The number of carbonyl (C=O) groups is 1. The van der Waals surface area contributed by atoms with Gasteiger partial charge in [-0.1, -0.05) is 18.7 Å². The standard InChI is InChI=1S/C17H21N3O3/c1-12(2)10-23-16-7-5-4-6-15(16)17(21)18-9-13-8-14(11-22-3)20-19-13/h4-8H,1,9-11H2,2-3H3,(H,18,21)(H,19,20). The molecule has 23 heavy (non-hydrogen) atoms. The van der Waals surface area contributed by atoms with Crippen LogP contribution in [0.15, 0.2) is 42.5 Å². The molecular formula is C17H21N3O3. The van der Waals surface area contributed by atoms with Crippen molar-refractivity contribution in [2.24, 2.45) is 0 Å². The van der Waals surface area contributed by atoms with Crippen LogP contribution in [0.1, 0.15) is 28.7 Å². The summed E-state index contributed by atoms with van der Waals surface area (Å²) in [6, 6.07) is 8.98. The first kappa shape index (κ1) is 16.8. The van der Waals surface area contributed by atoms with Crippen LogP contribution in [0, 0.1) is 0 Å². The lowest BCUT2D eigenvalue weighted by Gasteiger charge is -2.11. The molecular weight excluding hydrogens is 294 g/mol. The zero-order chi connectivity index (χ0) is 16.7. The fraction of sp³-hybridized carbons (Fsp3) is 0.294. The summed E-state index contributed by atoms with van der Waals surface area (Å²) in [6.07, 6.45) is 0. The molecule has 0 spiro atoms. The van der Waals surface area contributed by atoms with E-state index in [0.717, 1.165) is 17.0 Å². The molecule has 0 atom stereocenters. The molecule has 6 nitrogen and oxygen atoms in total. The maximum atomic E-state index is 12.3. The number of nitrogens with zero attached hydrogens (tertiary/aromatic N) is 1. The van der Waals surface area contributed by atoms with E-state index in [1.807, 2.05) is 19.1 Å². The third-order valence-corrected chi connectivity index (χ3v) is 3.02. The molecule has 1 aromatic heterocycles. The van der Waals surface area contributed by atoms with Gasteiger partial charge in [0.05, 0.1) is 30.1 Å². The Morgan fingerprint density at radius 1 is 1.39 bits per heavy atom. The number of methoxy groups -OCH3 is 1. The number of nitrogens with one attached hydrogen (secondary N) is 2. The van der Waals surface area contributed by atoms with Gasteiger partial charge in [-0.3, -0.25) is 9.89 Å². The summed E-state index contributed by atoms with van der Waals surface area (Å²) >= 11 is 0. The molecule has 0 aliphatic carbocycles. The number of hydrogen-bond donors (Lipinski definition) is 2. The third-order valence-electron chi connectivity index (χ3n) is 3.02. The number of para-hydroxylation sites is 1. The molecule has 0 unspecified atom stereocenters. The molecule has 2 rings (SSSR count). The zero-order valence-corrected chi connectivity index (χ0v) is 13.4. The Balaban J connectivity index is 1.98. The highest BCUT2D eigenvalue weighted by Gasteiger charge is 2.12. The Morgan fingerprint density at radius 3 is 2.91 bits per heavy atom. The van der Waals surface area contributed by atoms with Crippen LogP contribution in [-0.2, 0) is 17.9 Å². The van der Waals surface area contributed by atoms with E-state index in [1.165, 1.54) is 0 Å². The summed E-state index contributed by atoms with van der Waals surface area (Å²) in [5.74, 6) is 0.336. The lowest BCUT2D eigenvalue weighted by Crippen LogP contribution is -2.23. The molecule has 0 aliphatic rings. The number of rotatable bonds is 8. The Kier molecular flexibility index (Phi) is 5.94. The van der Waals surface area contributed by atoms with Crippen LogP contribution in [0.3, 0.4) is 0 Å². The van der Waals surface area contributed by atoms with Crippen LogP contribution < -0.4 is 10.1 Å². The fourth-order valence-corrected chi connectivity index (χ4v) is 1.97. The first-order valence-electron chi connectivity index (χ1n) is 7.26. The maximum absolute atomic E-state index is 12.3. The van der Waals surface area contributed by atoms with Gasteiger partial charge in [-0.2, -0.15) is 5.10 Å². The van der Waals surface area contributed by atoms with Crippen LogP contribution in [0.2, 0.25) is 0 Å². The molecule has 0 saturated carbocycles. The molecule has 6 heteroatoms. The Labute approximate surface area is 135 Å². The summed E-state index contributed by atoms with van der Waals surface area (Å²) in [4.78, 5) is 12.3. The second kappa shape index (κ2) is 8.14. The van der Waals surface area contributed by atoms with Crippen LogP contribution >= 0.6 is 0 Å². The SMILES string of the molecule is C=C(C)COc1ccccc1C(=O)NCc1cc(COC)n[nH]1. The van der Waals surface area contributed by atoms with Crippen molar-refractivity contribution in [1.29, 1.82) is 0 Å². The smallest absolute Gasteiger partial charge is 0.255 e. The molecule has 0 bridgehead atoms. The second-order valence-corrected chi connectivity index (χ2v) is 5.24. The van der Waals surface area contributed by atoms with Gasteiger partial charge < -0.3 is 14.8 Å². The van der Waals surface area contributed by atoms with Crippen LogP contribution in [-0.4, -0.2) is 29.8 Å². The summed E-state index contributed by atoms with van der Waals surface area (Å²) in [5, 5.41) is 9.80. The van der Waals surface area contributed by atoms with Crippen molar-refractivity contribution < 1.29 is 14.3 Å². The number of carbonyl (C=O) groups excluding carboxylic acids is 1. The van der Waals surface area contributed by atoms with Gasteiger partial charge in [-0.25, -0.2) is 0 Å². The van der Waals surface area contributed by atoms with Crippen LogP contribution in [0.5, 0.6) is 5.75 Å². The molecule has 1 aromatic carbocycles. The lowest BCUT2D eigenvalue weighted by atomic mass is 10.2. The number of benzene rings is 1. The fourth-order valence-electron chi connectivity index (χ4n) is 1.97. The highest BCUT2D eigenvalue weighted by atomic mass is 16.5. The van der Waals surface area contributed by atoms with Crippen molar-refractivity contribution in [3.05, 3.63) is 59.4 Å². The summed E-state index contributed by atoms with van der Waals surface area (Å²) in [7, 11) is 1.61. The van der Waals surface area contributed by atoms with Crippen molar-refractivity contribution in [2.75, 3.05) is 13.7 Å². The molecule has 2 N–H and O–H groups in total. The number of hydrogen-bond acceptors (Lipinski definition) is 4. The van der Waals surface area contributed by atoms with E-state index in [4.69, 9.17) is 9.47 Å². The van der Waals surface area contributed by atoms with Gasteiger partial charge in [0.1, 0.15) is 12.4 Å². The van der Waals surface area contributed by atoms with Crippen LogP contribution in [0.25, 0.3) is 0 Å². The van der Waals surface area contributed by atoms with E-state index in [0.29, 0.717) is 31.1 Å². The van der Waals surface area contributed by atoms with Gasteiger partial charge in [0.15, 0.2) is 0 Å². The number of aromatic nitrogens is 2. The van der Waals surface area contributed by atoms with Gasteiger partial charge in [0.2, 0.25) is 0 Å². The van der Waals surface area contributed by atoms with Gasteiger partial charge in [-0.05, 0) is 30.7 Å². The Bertz CT molecular complexity index is 679. The van der Waals surface area contributed by atoms with E-state index < -0.39 is 0 Å². The minimum Gasteiger partial charge on any atom is -0.488 e. The molecule has 0 aliphatic heterocycles. The molecule has 0 fully saturated rings. The zero-order valence-electron chi connectivity index (χ0n) is 13.4. The number of amides is 1. The van der Waals surface area contributed by atoms with E-state index in [9.17, 15) is 4.79 Å². The van der Waals surface area contributed by atoms with Crippen molar-refractivity contribution in [3.63, 3.8) is 0 Å². The molecule has 122 valence electrons. The predicted molar refractivity (Wildman–Crippen MR) is 87.2 cm³/mol. The highest BCUT2D eigenvalue weighted by molar-refractivity contribution is 5.96. The number of aromatic amines is 1. The van der Waals surface area contributed by atoms with Crippen LogP contribution in [0.4, 0.5) is 0 Å². The minimum atomic E-state index is -0.204. The highest BCUT2D eigenvalue weighted by Crippen LogP contribution is 2.18. The van der Waals surface area contributed by atoms with E-state index in [-0.39, 0.29) is 5.91 Å². The lowest BCUT2D eigenvalue weighted by molar-refractivity contribution is 0.0946. The average molecular weight is 315 g/mol. The molecule has 1 amide bonds. The Hall–Kier alpha value is -2.60. The molecule has 0 radical (unpaired) electrons. The molecule has 2 aromatic rings. The summed E-state index contributed by atoms with van der Waals surface area (Å²) in [6.45, 7) is 6.83. The second-order valence-electron chi connectivity index (χ2n) is 5.24. The largest absolute Gasteiger partial charge is 0.488 e. The first-order valence-corrected chi connectivity index (χ1v) is 7.26. The predicted octanol–water partition coefficient (Wildman–Crippen LogP) is 2.44. The van der Waals surface area contributed by atoms with Gasteiger partial charge in [0, 0.05) is 7.11 Å². The van der Waals surface area contributed by atoms with E-state index >= 15 is 0 Å². The molecule has 0 saturated heterocycles. The van der Waals surface area contributed by atoms with Crippen molar-refractivity contribution in [2.45, 2.75) is 20.1 Å². The first-order chi connectivity index (χ1) is 11.1. The van der Waals surface area contributed by atoms with Gasteiger partial charge >= 0.3 is 0 Å². The number of H-pyrrole nitrogens is 1. The average Bonchev–Trinajstić information content (AvgIpc) is 2.99. The summed E-state index contributed by atoms with van der Waals surface area (Å²) < 4.78 is 10.6. The normalized spacial score (nSPS) is 10.3. The Morgan fingerprint density at radius 2 is 2.17 bits per heavy atom. The quantitative estimate of drug-likeness (QED) is 0.734. The maximum Gasteiger partial charge on any atom is 0.255 e. The van der Waals surface area contributed by atoms with Crippen molar-refractivity contribution in [1.82, 2.24) is 15.5 Å². The minimum absolute atomic E-state index is 0.204. The van der Waals surface area contributed by atoms with Gasteiger partial charge in [-0.15, -0.1) is 0 Å². The summed E-state index contributed by atoms with van der Waals surface area (Å²) in [5.41, 5.74) is 2.99.